The topological polar surface area (TPSA) is 90.5 Å². The van der Waals surface area contributed by atoms with Gasteiger partial charge in [-0.1, -0.05) is 25.1 Å². The highest BCUT2D eigenvalue weighted by Gasteiger charge is 2.13. The van der Waals surface area contributed by atoms with Crippen LogP contribution in [0.4, 0.5) is 17.1 Å². The van der Waals surface area contributed by atoms with E-state index in [0.29, 0.717) is 16.8 Å². The molecule has 0 bridgehead atoms. The van der Waals surface area contributed by atoms with Gasteiger partial charge in [0.2, 0.25) is 5.91 Å². The van der Waals surface area contributed by atoms with Crippen molar-refractivity contribution in [2.24, 2.45) is 0 Å². The highest BCUT2D eigenvalue weighted by Crippen LogP contribution is 2.17. The summed E-state index contributed by atoms with van der Waals surface area (Å²) in [5.41, 5.74) is 3.24. The minimum atomic E-state index is -0.223. The zero-order valence-electron chi connectivity index (χ0n) is 19.7. The molecule has 0 radical (unpaired) electrons. The molecule has 176 valence electrons. The SMILES string of the molecule is CCC(C)NC(=O)c1ccc(NCC(=O)Nc2ccc(C(=O)N(C)c3ccccc3)cc2)cc1. The molecule has 7 nitrogen and oxygen atoms in total. The fourth-order valence-corrected chi connectivity index (χ4v) is 3.19. The van der Waals surface area contributed by atoms with Gasteiger partial charge in [0.05, 0.1) is 6.54 Å². The highest BCUT2D eigenvalue weighted by atomic mass is 16.2. The third-order valence-electron chi connectivity index (χ3n) is 5.45. The van der Waals surface area contributed by atoms with Gasteiger partial charge < -0.3 is 20.9 Å². The van der Waals surface area contributed by atoms with Crippen LogP contribution in [0.5, 0.6) is 0 Å². The maximum atomic E-state index is 12.7. The third kappa shape index (κ3) is 6.68. The normalized spacial score (nSPS) is 11.3. The maximum Gasteiger partial charge on any atom is 0.258 e. The highest BCUT2D eigenvalue weighted by molar-refractivity contribution is 6.06. The fraction of sp³-hybridized carbons (Fsp3) is 0.222. The van der Waals surface area contributed by atoms with Gasteiger partial charge in [0.25, 0.3) is 11.8 Å². The lowest BCUT2D eigenvalue weighted by Crippen LogP contribution is -2.31. The molecule has 0 spiro atoms. The Morgan fingerprint density at radius 3 is 2.03 bits per heavy atom. The monoisotopic (exact) mass is 458 g/mol. The number of rotatable bonds is 9. The summed E-state index contributed by atoms with van der Waals surface area (Å²) in [5.74, 6) is -0.471. The molecule has 3 aromatic rings. The molecule has 0 saturated heterocycles. The van der Waals surface area contributed by atoms with Crippen LogP contribution in [-0.4, -0.2) is 37.4 Å². The first kappa shape index (κ1) is 24.5. The number of amides is 3. The van der Waals surface area contributed by atoms with Gasteiger partial charge in [-0.2, -0.15) is 0 Å². The van der Waals surface area contributed by atoms with E-state index in [1.807, 2.05) is 44.2 Å². The average Bonchev–Trinajstić information content (AvgIpc) is 2.87. The quantitative estimate of drug-likeness (QED) is 0.439. The summed E-state index contributed by atoms with van der Waals surface area (Å²) >= 11 is 0. The molecule has 34 heavy (non-hydrogen) atoms. The van der Waals surface area contributed by atoms with Gasteiger partial charge in [-0.05, 0) is 74.0 Å². The summed E-state index contributed by atoms with van der Waals surface area (Å²) in [6, 6.07) is 23.3. The second-order valence-corrected chi connectivity index (χ2v) is 8.04. The molecule has 3 rings (SSSR count). The average molecular weight is 459 g/mol. The standard InChI is InChI=1S/C27H30N4O3/c1-4-19(2)29-26(33)20-10-14-22(15-11-20)28-18-25(32)30-23-16-12-21(13-17-23)27(34)31(3)24-8-6-5-7-9-24/h5-17,19,28H,4,18H2,1-3H3,(H,29,33)(H,30,32). The maximum absolute atomic E-state index is 12.7. The van der Waals surface area contributed by atoms with Crippen LogP contribution >= 0.6 is 0 Å². The Morgan fingerprint density at radius 1 is 0.824 bits per heavy atom. The smallest absolute Gasteiger partial charge is 0.258 e. The van der Waals surface area contributed by atoms with E-state index < -0.39 is 0 Å². The lowest BCUT2D eigenvalue weighted by molar-refractivity contribution is -0.114. The van der Waals surface area contributed by atoms with Gasteiger partial charge in [0, 0.05) is 41.3 Å². The second-order valence-electron chi connectivity index (χ2n) is 8.04. The molecule has 3 amide bonds. The van der Waals surface area contributed by atoms with Gasteiger partial charge in [-0.15, -0.1) is 0 Å². The number of anilines is 3. The number of carbonyl (C=O) groups excluding carboxylic acids is 3. The molecule has 3 aromatic carbocycles. The molecule has 3 N–H and O–H groups in total. The summed E-state index contributed by atoms with van der Waals surface area (Å²) in [7, 11) is 1.73. The van der Waals surface area contributed by atoms with Crippen LogP contribution < -0.4 is 20.9 Å². The molecule has 0 fully saturated rings. The molecule has 0 saturated carbocycles. The van der Waals surface area contributed by atoms with E-state index in [9.17, 15) is 14.4 Å². The Morgan fingerprint density at radius 2 is 1.41 bits per heavy atom. The molecule has 0 aromatic heterocycles. The minimum Gasteiger partial charge on any atom is -0.376 e. The van der Waals surface area contributed by atoms with Gasteiger partial charge in [0.1, 0.15) is 0 Å². The lowest BCUT2D eigenvalue weighted by Gasteiger charge is -2.17. The Bertz CT molecular complexity index is 1110. The van der Waals surface area contributed by atoms with E-state index in [-0.39, 0.29) is 30.3 Å². The summed E-state index contributed by atoms with van der Waals surface area (Å²) in [6.07, 6.45) is 0.865. The van der Waals surface area contributed by atoms with Crippen molar-refractivity contribution >= 4 is 34.8 Å². The van der Waals surface area contributed by atoms with Crippen LogP contribution in [0.3, 0.4) is 0 Å². The van der Waals surface area contributed by atoms with Crippen molar-refractivity contribution in [1.29, 1.82) is 0 Å². The van der Waals surface area contributed by atoms with Crippen molar-refractivity contribution in [2.45, 2.75) is 26.3 Å². The number of nitrogens with one attached hydrogen (secondary N) is 3. The molecule has 0 heterocycles. The van der Waals surface area contributed by atoms with Crippen LogP contribution in [0.15, 0.2) is 78.9 Å². The Balaban J connectivity index is 1.49. The van der Waals surface area contributed by atoms with Gasteiger partial charge in [0.15, 0.2) is 0 Å². The van der Waals surface area contributed by atoms with Crippen LogP contribution in [0, 0.1) is 0 Å². The van der Waals surface area contributed by atoms with Crippen LogP contribution in [-0.2, 0) is 4.79 Å². The Kier molecular flexibility index (Phi) is 8.40. The zero-order valence-corrected chi connectivity index (χ0v) is 19.7. The summed E-state index contributed by atoms with van der Waals surface area (Å²) in [6.45, 7) is 4.04. The van der Waals surface area contributed by atoms with E-state index in [4.69, 9.17) is 0 Å². The van der Waals surface area contributed by atoms with E-state index >= 15 is 0 Å². The van der Waals surface area contributed by atoms with Crippen LogP contribution in [0.1, 0.15) is 41.0 Å². The van der Waals surface area contributed by atoms with E-state index in [1.165, 1.54) is 0 Å². The van der Waals surface area contributed by atoms with Gasteiger partial charge in [-0.3, -0.25) is 14.4 Å². The van der Waals surface area contributed by atoms with Gasteiger partial charge >= 0.3 is 0 Å². The van der Waals surface area contributed by atoms with Crippen molar-refractivity contribution in [3.63, 3.8) is 0 Å². The first-order valence-corrected chi connectivity index (χ1v) is 11.2. The zero-order chi connectivity index (χ0) is 24.5. The van der Waals surface area contributed by atoms with Gasteiger partial charge in [-0.25, -0.2) is 0 Å². The summed E-state index contributed by atoms with van der Waals surface area (Å²) in [5, 5.41) is 8.77. The summed E-state index contributed by atoms with van der Waals surface area (Å²) in [4.78, 5) is 38.7. The van der Waals surface area contributed by atoms with Crippen molar-refractivity contribution in [3.05, 3.63) is 90.0 Å². The summed E-state index contributed by atoms with van der Waals surface area (Å²) < 4.78 is 0. The van der Waals surface area contributed by atoms with Crippen molar-refractivity contribution in [2.75, 3.05) is 29.1 Å². The molecule has 1 atom stereocenters. The van der Waals surface area contributed by atoms with Crippen LogP contribution in [0.2, 0.25) is 0 Å². The fourth-order valence-electron chi connectivity index (χ4n) is 3.19. The van der Waals surface area contributed by atoms with E-state index in [1.54, 1.807) is 60.5 Å². The molecule has 1 unspecified atom stereocenters. The van der Waals surface area contributed by atoms with E-state index in [0.717, 1.165) is 17.8 Å². The van der Waals surface area contributed by atoms with Crippen LogP contribution in [0.25, 0.3) is 0 Å². The number of hydrogen-bond donors (Lipinski definition) is 3. The molecular weight excluding hydrogens is 428 g/mol. The van der Waals surface area contributed by atoms with Crippen molar-refractivity contribution in [3.8, 4) is 0 Å². The molecular formula is C27H30N4O3. The molecule has 7 heteroatoms. The van der Waals surface area contributed by atoms with E-state index in [2.05, 4.69) is 16.0 Å². The number of benzene rings is 3. The van der Waals surface area contributed by atoms with Crippen molar-refractivity contribution in [1.82, 2.24) is 5.32 Å². The number of nitrogens with zero attached hydrogens (tertiary/aromatic N) is 1. The number of carbonyl (C=O) groups is 3. The predicted octanol–water partition coefficient (Wildman–Crippen LogP) is 4.54. The Hall–Kier alpha value is -4.13. The number of para-hydroxylation sites is 1. The first-order valence-electron chi connectivity index (χ1n) is 11.2. The molecule has 0 aliphatic rings. The number of hydrogen-bond acceptors (Lipinski definition) is 4. The predicted molar refractivity (Wildman–Crippen MR) is 136 cm³/mol. The lowest BCUT2D eigenvalue weighted by atomic mass is 10.1. The molecule has 0 aliphatic heterocycles. The second kappa shape index (κ2) is 11.7. The third-order valence-corrected chi connectivity index (χ3v) is 5.45. The minimum absolute atomic E-state index is 0.0653. The Labute approximate surface area is 200 Å². The largest absolute Gasteiger partial charge is 0.376 e. The first-order chi connectivity index (χ1) is 16.4. The van der Waals surface area contributed by atoms with Crippen molar-refractivity contribution < 1.29 is 14.4 Å². The molecule has 0 aliphatic carbocycles.